The van der Waals surface area contributed by atoms with E-state index in [1.165, 1.54) is 44.5 Å². The summed E-state index contributed by atoms with van der Waals surface area (Å²) in [6.07, 6.45) is 15.8. The van der Waals surface area contributed by atoms with Crippen LogP contribution in [-0.4, -0.2) is 15.0 Å². The molecule has 0 radical (unpaired) electrons. The minimum Gasteiger partial charge on any atom is -0.310 e. The molecule has 3 aliphatic rings. The van der Waals surface area contributed by atoms with E-state index in [4.69, 9.17) is 15.0 Å². The Labute approximate surface area is 365 Å². The lowest BCUT2D eigenvalue weighted by Crippen LogP contribution is -2.21. The molecular formula is C58H48N4. The van der Waals surface area contributed by atoms with E-state index < -0.39 is 0 Å². The van der Waals surface area contributed by atoms with E-state index in [0.717, 1.165) is 44.9 Å². The smallest absolute Gasteiger partial charge is 0.164 e. The van der Waals surface area contributed by atoms with E-state index in [1.807, 2.05) is 42.5 Å². The highest BCUT2D eigenvalue weighted by Gasteiger charge is 2.36. The van der Waals surface area contributed by atoms with Gasteiger partial charge < -0.3 is 4.90 Å². The minimum atomic E-state index is -0.290. The monoisotopic (exact) mass is 800 g/mol. The SMILES string of the molecule is C=C1/C=C\C=C/C(C)(C)/C=C(N(c2ccc3c(c2)C(C)(C)c2ccccc2-3)c2cccc3c2Cc2c(-c4nc(-c5ccccc5)nc(-c5ccccc5)n4)cccc2-3)\C=C/C1=C. The van der Waals surface area contributed by atoms with Crippen LogP contribution in [-0.2, 0) is 11.8 Å². The van der Waals surface area contributed by atoms with Crippen molar-refractivity contribution in [2.24, 2.45) is 5.41 Å². The van der Waals surface area contributed by atoms with Crippen LogP contribution in [0.5, 0.6) is 0 Å². The number of nitrogens with zero attached hydrogens (tertiary/aromatic N) is 4. The lowest BCUT2D eigenvalue weighted by Gasteiger charge is -2.32. The van der Waals surface area contributed by atoms with Crippen molar-refractivity contribution >= 4 is 11.4 Å². The van der Waals surface area contributed by atoms with Gasteiger partial charge in [0.2, 0.25) is 0 Å². The van der Waals surface area contributed by atoms with Crippen molar-refractivity contribution in [1.29, 1.82) is 0 Å². The zero-order valence-electron chi connectivity index (χ0n) is 35.7. The van der Waals surface area contributed by atoms with Gasteiger partial charge in [-0.1, -0.05) is 199 Å². The van der Waals surface area contributed by atoms with Gasteiger partial charge in [0.15, 0.2) is 17.5 Å². The van der Waals surface area contributed by atoms with Gasteiger partial charge in [0, 0.05) is 45.3 Å². The molecule has 0 aliphatic heterocycles. The maximum absolute atomic E-state index is 5.18. The molecule has 62 heavy (non-hydrogen) atoms. The summed E-state index contributed by atoms with van der Waals surface area (Å²) in [4.78, 5) is 17.8. The number of fused-ring (bicyclic) bond motifs is 6. The van der Waals surface area contributed by atoms with E-state index in [9.17, 15) is 0 Å². The van der Waals surface area contributed by atoms with Crippen molar-refractivity contribution in [2.45, 2.75) is 39.5 Å². The largest absolute Gasteiger partial charge is 0.310 e. The fraction of sp³-hybridized carbons (Fsp3) is 0.121. The summed E-state index contributed by atoms with van der Waals surface area (Å²) < 4.78 is 0. The van der Waals surface area contributed by atoms with E-state index in [2.05, 4.69) is 185 Å². The summed E-state index contributed by atoms with van der Waals surface area (Å²) in [5.41, 5.74) is 17.6. The van der Waals surface area contributed by atoms with Crippen LogP contribution < -0.4 is 4.90 Å². The third-order valence-electron chi connectivity index (χ3n) is 12.6. The molecule has 0 amide bonds. The number of allylic oxidation sites excluding steroid dienone is 9. The van der Waals surface area contributed by atoms with Gasteiger partial charge in [0.1, 0.15) is 0 Å². The van der Waals surface area contributed by atoms with Gasteiger partial charge in [0.25, 0.3) is 0 Å². The van der Waals surface area contributed by atoms with Gasteiger partial charge >= 0.3 is 0 Å². The average molecular weight is 801 g/mol. The van der Waals surface area contributed by atoms with Crippen molar-refractivity contribution < 1.29 is 0 Å². The number of benzene rings is 6. The van der Waals surface area contributed by atoms with Crippen LogP contribution in [0.3, 0.4) is 0 Å². The highest BCUT2D eigenvalue weighted by Crippen LogP contribution is 2.52. The van der Waals surface area contributed by atoms with Crippen LogP contribution in [0, 0.1) is 5.41 Å². The fourth-order valence-corrected chi connectivity index (χ4v) is 9.32. The van der Waals surface area contributed by atoms with Crippen LogP contribution in [0.1, 0.15) is 49.9 Å². The Morgan fingerprint density at radius 1 is 0.500 bits per heavy atom. The first-order valence-corrected chi connectivity index (χ1v) is 21.4. The first-order chi connectivity index (χ1) is 30.1. The topological polar surface area (TPSA) is 41.9 Å². The molecule has 4 nitrogen and oxygen atoms in total. The first-order valence-electron chi connectivity index (χ1n) is 21.4. The summed E-state index contributed by atoms with van der Waals surface area (Å²) in [6, 6.07) is 49.5. The maximum Gasteiger partial charge on any atom is 0.164 e. The van der Waals surface area contributed by atoms with Crippen LogP contribution in [0.25, 0.3) is 56.4 Å². The van der Waals surface area contributed by atoms with E-state index in [1.54, 1.807) is 0 Å². The summed E-state index contributed by atoms with van der Waals surface area (Å²) in [5.74, 6) is 1.96. The van der Waals surface area contributed by atoms with Gasteiger partial charge in [-0.05, 0) is 79.9 Å². The Bertz CT molecular complexity index is 3010. The Kier molecular flexibility index (Phi) is 9.52. The van der Waals surface area contributed by atoms with E-state index >= 15 is 0 Å². The normalized spacial score (nSPS) is 18.0. The second kappa shape index (κ2) is 15.2. The number of hydrogen-bond acceptors (Lipinski definition) is 4. The molecule has 0 bridgehead atoms. The first kappa shape index (κ1) is 38.8. The second-order valence-corrected chi connectivity index (χ2v) is 17.6. The highest BCUT2D eigenvalue weighted by molar-refractivity contribution is 5.91. The predicted octanol–water partition coefficient (Wildman–Crippen LogP) is 14.6. The predicted molar refractivity (Wildman–Crippen MR) is 258 cm³/mol. The van der Waals surface area contributed by atoms with Crippen molar-refractivity contribution in [1.82, 2.24) is 15.0 Å². The lowest BCUT2D eigenvalue weighted by molar-refractivity contribution is 0.620. The summed E-state index contributed by atoms with van der Waals surface area (Å²) in [5, 5.41) is 0. The number of aromatic nitrogens is 3. The molecule has 0 atom stereocenters. The number of hydrogen-bond donors (Lipinski definition) is 0. The average Bonchev–Trinajstić information content (AvgIpc) is 3.79. The minimum absolute atomic E-state index is 0.169. The van der Waals surface area contributed by atoms with Gasteiger partial charge in [-0.15, -0.1) is 0 Å². The molecule has 300 valence electrons. The van der Waals surface area contributed by atoms with Gasteiger partial charge in [0.05, 0.1) is 5.69 Å². The molecule has 0 fully saturated rings. The summed E-state index contributed by atoms with van der Waals surface area (Å²) in [7, 11) is 0. The Balaban J connectivity index is 1.16. The van der Waals surface area contributed by atoms with Crippen LogP contribution in [0.4, 0.5) is 11.4 Å². The molecule has 0 N–H and O–H groups in total. The highest BCUT2D eigenvalue weighted by atomic mass is 15.2. The third-order valence-corrected chi connectivity index (χ3v) is 12.6. The van der Waals surface area contributed by atoms with Crippen molar-refractivity contribution in [3.8, 4) is 56.4 Å². The molecule has 1 heterocycles. The number of rotatable bonds is 6. The molecule has 10 rings (SSSR count). The van der Waals surface area contributed by atoms with Crippen LogP contribution in [0.15, 0.2) is 212 Å². The maximum atomic E-state index is 5.18. The molecule has 0 saturated heterocycles. The Morgan fingerprint density at radius 2 is 1.08 bits per heavy atom. The molecule has 3 aliphatic carbocycles. The second-order valence-electron chi connectivity index (χ2n) is 17.6. The molecule has 0 unspecified atom stereocenters. The molecule has 4 heteroatoms. The molecule has 0 saturated carbocycles. The quantitative estimate of drug-likeness (QED) is 0.168. The zero-order valence-corrected chi connectivity index (χ0v) is 35.7. The Morgan fingerprint density at radius 3 is 1.81 bits per heavy atom. The van der Waals surface area contributed by atoms with Crippen molar-refractivity contribution in [3.63, 3.8) is 0 Å². The fourth-order valence-electron chi connectivity index (χ4n) is 9.32. The van der Waals surface area contributed by atoms with Crippen molar-refractivity contribution in [3.05, 3.63) is 234 Å². The number of anilines is 2. The van der Waals surface area contributed by atoms with E-state index in [0.29, 0.717) is 23.9 Å². The van der Waals surface area contributed by atoms with Gasteiger partial charge in [-0.3, -0.25) is 0 Å². The molecule has 0 spiro atoms. The van der Waals surface area contributed by atoms with Crippen LogP contribution >= 0.6 is 0 Å². The molecular weight excluding hydrogens is 753 g/mol. The van der Waals surface area contributed by atoms with E-state index in [-0.39, 0.29) is 10.8 Å². The van der Waals surface area contributed by atoms with Gasteiger partial charge in [-0.2, -0.15) is 0 Å². The summed E-state index contributed by atoms with van der Waals surface area (Å²) >= 11 is 0. The molecule has 6 aromatic carbocycles. The van der Waals surface area contributed by atoms with Gasteiger partial charge in [-0.25, -0.2) is 15.0 Å². The third kappa shape index (κ3) is 6.88. The Hall–Kier alpha value is -7.43. The lowest BCUT2D eigenvalue weighted by atomic mass is 9.82. The molecule has 7 aromatic rings. The van der Waals surface area contributed by atoms with Crippen molar-refractivity contribution in [2.75, 3.05) is 4.90 Å². The molecule has 1 aromatic heterocycles. The standard InChI is InChI=1S/C58H48N4/c1-38-19-15-16-34-57(3,4)37-43(31-30-39(38)2)62(42-32-33-47-46-24-13-14-28-51(46)58(5,6)52(47)35-42)53-29-18-26-45-44-25-17-27-48(49(44)36-50(45)53)56-60-54(40-20-9-7-10-21-40)59-55(61-56)41-22-11-8-12-23-41/h7-35,37H,1-2,36H2,3-6H3/b19-15-,31-30-,34-16-,43-37+. The van der Waals surface area contributed by atoms with Crippen LogP contribution in [0.2, 0.25) is 0 Å². The zero-order chi connectivity index (χ0) is 42.6. The summed E-state index contributed by atoms with van der Waals surface area (Å²) in [6.45, 7) is 18.0.